The summed E-state index contributed by atoms with van der Waals surface area (Å²) in [6.45, 7) is 4.97. The number of amides is 1. The van der Waals surface area contributed by atoms with Crippen molar-refractivity contribution in [2.75, 3.05) is 20.2 Å². The van der Waals surface area contributed by atoms with E-state index in [-0.39, 0.29) is 11.7 Å². The molecule has 1 aromatic rings. The molecular weight excluding hydrogens is 290 g/mol. The van der Waals surface area contributed by atoms with Crippen LogP contribution < -0.4 is 4.74 Å². The maximum Gasteiger partial charge on any atom is 0.246 e. The van der Waals surface area contributed by atoms with E-state index in [2.05, 4.69) is 0 Å². The van der Waals surface area contributed by atoms with Crippen molar-refractivity contribution in [1.82, 2.24) is 4.90 Å². The van der Waals surface area contributed by atoms with Gasteiger partial charge in [-0.25, -0.2) is 0 Å². The Morgan fingerprint density at radius 2 is 2.00 bits per heavy atom. The lowest BCUT2D eigenvalue weighted by molar-refractivity contribution is -0.126. The summed E-state index contributed by atoms with van der Waals surface area (Å²) in [5, 5.41) is 0. The second kappa shape index (κ2) is 10.4. The second-order valence-electron chi connectivity index (χ2n) is 5.12. The third kappa shape index (κ3) is 6.51. The van der Waals surface area contributed by atoms with Crippen molar-refractivity contribution < 1.29 is 14.3 Å². The monoisotopic (exact) mass is 315 g/mol. The van der Waals surface area contributed by atoms with E-state index in [0.717, 1.165) is 6.42 Å². The van der Waals surface area contributed by atoms with Crippen LogP contribution in [0.25, 0.3) is 0 Å². The van der Waals surface area contributed by atoms with Crippen LogP contribution in [0.3, 0.4) is 0 Å². The van der Waals surface area contributed by atoms with Crippen LogP contribution in [0.1, 0.15) is 37.0 Å². The van der Waals surface area contributed by atoms with Crippen LogP contribution in [0.2, 0.25) is 0 Å². The van der Waals surface area contributed by atoms with Gasteiger partial charge >= 0.3 is 0 Å². The van der Waals surface area contributed by atoms with Gasteiger partial charge in [0.2, 0.25) is 5.91 Å². The van der Waals surface area contributed by atoms with Crippen LogP contribution in [0, 0.1) is 0 Å². The Morgan fingerprint density at radius 1 is 1.22 bits per heavy atom. The van der Waals surface area contributed by atoms with Gasteiger partial charge in [0, 0.05) is 31.1 Å². The summed E-state index contributed by atoms with van der Waals surface area (Å²) in [4.78, 5) is 26.1. The van der Waals surface area contributed by atoms with Gasteiger partial charge in [0.25, 0.3) is 0 Å². The molecule has 23 heavy (non-hydrogen) atoms. The van der Waals surface area contributed by atoms with E-state index in [0.29, 0.717) is 30.8 Å². The quantitative estimate of drug-likeness (QED) is 0.397. The number of allylic oxidation sites excluding steroid dienone is 3. The first-order valence-electron chi connectivity index (χ1n) is 7.87. The number of benzene rings is 1. The maximum absolute atomic E-state index is 12.3. The van der Waals surface area contributed by atoms with E-state index in [9.17, 15) is 9.59 Å². The largest absolute Gasteiger partial charge is 0.497 e. The Labute approximate surface area is 138 Å². The smallest absolute Gasteiger partial charge is 0.246 e. The van der Waals surface area contributed by atoms with Crippen LogP contribution in [0.5, 0.6) is 5.75 Å². The molecule has 0 spiro atoms. The number of nitrogens with zero attached hydrogens (tertiary/aromatic N) is 1. The zero-order chi connectivity index (χ0) is 17.1. The fourth-order valence-electron chi connectivity index (χ4n) is 2.13. The molecule has 0 unspecified atom stereocenters. The van der Waals surface area contributed by atoms with E-state index >= 15 is 0 Å². The standard InChI is InChI=1S/C19H25NO3/c1-4-6-7-11-19(22)20(13-5-2)14-12-18(21)16-9-8-10-17(15-16)23-3/h4,6-11,15H,5,12-14H2,1-3H3/b6-4+,11-7+. The van der Waals surface area contributed by atoms with Crippen molar-refractivity contribution in [2.45, 2.75) is 26.7 Å². The summed E-state index contributed by atoms with van der Waals surface area (Å²) in [6, 6.07) is 7.08. The molecule has 0 saturated carbocycles. The van der Waals surface area contributed by atoms with E-state index in [1.165, 1.54) is 6.08 Å². The van der Waals surface area contributed by atoms with Crippen molar-refractivity contribution >= 4 is 11.7 Å². The number of carbonyl (C=O) groups excluding carboxylic acids is 2. The molecule has 0 aliphatic carbocycles. The zero-order valence-corrected chi connectivity index (χ0v) is 14.1. The molecule has 4 heteroatoms. The highest BCUT2D eigenvalue weighted by atomic mass is 16.5. The molecule has 0 radical (unpaired) electrons. The molecule has 0 saturated heterocycles. The minimum Gasteiger partial charge on any atom is -0.497 e. The molecule has 1 rings (SSSR count). The van der Waals surface area contributed by atoms with E-state index in [4.69, 9.17) is 4.74 Å². The number of methoxy groups -OCH3 is 1. The van der Waals surface area contributed by atoms with Gasteiger partial charge in [-0.3, -0.25) is 9.59 Å². The summed E-state index contributed by atoms with van der Waals surface area (Å²) in [5.41, 5.74) is 0.609. The topological polar surface area (TPSA) is 46.6 Å². The van der Waals surface area contributed by atoms with Crippen LogP contribution in [0.15, 0.2) is 48.6 Å². The summed E-state index contributed by atoms with van der Waals surface area (Å²) in [7, 11) is 1.57. The Morgan fingerprint density at radius 3 is 2.65 bits per heavy atom. The predicted molar refractivity (Wildman–Crippen MR) is 92.8 cm³/mol. The molecule has 1 amide bonds. The number of rotatable bonds is 9. The normalized spacial score (nSPS) is 11.1. The maximum atomic E-state index is 12.3. The number of ether oxygens (including phenoxy) is 1. The van der Waals surface area contributed by atoms with E-state index in [1.54, 1.807) is 42.4 Å². The molecule has 0 heterocycles. The molecule has 0 fully saturated rings. The zero-order valence-electron chi connectivity index (χ0n) is 14.1. The molecule has 124 valence electrons. The molecule has 0 aromatic heterocycles. The SMILES string of the molecule is C/C=C/C=C/C(=O)N(CCC)CCC(=O)c1cccc(OC)c1. The van der Waals surface area contributed by atoms with Gasteiger partial charge in [-0.1, -0.05) is 37.3 Å². The third-order valence-electron chi connectivity index (χ3n) is 3.35. The lowest BCUT2D eigenvalue weighted by Gasteiger charge is -2.20. The number of carbonyl (C=O) groups is 2. The van der Waals surface area contributed by atoms with Crippen LogP contribution >= 0.6 is 0 Å². The number of Topliss-reactive ketones (excluding diaryl/α,β-unsaturated/α-hetero) is 1. The first-order valence-corrected chi connectivity index (χ1v) is 7.87. The van der Waals surface area contributed by atoms with Gasteiger partial charge in [0.1, 0.15) is 5.75 Å². The Kier molecular flexibility index (Phi) is 8.43. The number of hydrogen-bond donors (Lipinski definition) is 0. The fraction of sp³-hybridized carbons (Fsp3) is 0.368. The molecule has 0 aliphatic heterocycles. The molecule has 0 aliphatic rings. The minimum absolute atomic E-state index is 0.00948. The van der Waals surface area contributed by atoms with E-state index < -0.39 is 0 Å². The van der Waals surface area contributed by atoms with Crippen molar-refractivity contribution in [2.24, 2.45) is 0 Å². The summed E-state index contributed by atoms with van der Waals surface area (Å²) in [5.74, 6) is 0.602. The average molecular weight is 315 g/mol. The Hall–Kier alpha value is -2.36. The average Bonchev–Trinajstić information content (AvgIpc) is 2.58. The minimum atomic E-state index is -0.0663. The highest BCUT2D eigenvalue weighted by Gasteiger charge is 2.13. The van der Waals surface area contributed by atoms with E-state index in [1.807, 2.05) is 26.0 Å². The van der Waals surface area contributed by atoms with Gasteiger partial charge in [-0.2, -0.15) is 0 Å². The van der Waals surface area contributed by atoms with Gasteiger partial charge in [0.05, 0.1) is 7.11 Å². The van der Waals surface area contributed by atoms with Crippen LogP contribution in [0.4, 0.5) is 0 Å². The highest BCUT2D eigenvalue weighted by molar-refractivity contribution is 5.97. The van der Waals surface area contributed by atoms with Gasteiger partial charge in [-0.05, 0) is 25.5 Å². The van der Waals surface area contributed by atoms with Crippen molar-refractivity contribution in [1.29, 1.82) is 0 Å². The van der Waals surface area contributed by atoms with Gasteiger partial charge in [-0.15, -0.1) is 0 Å². The summed E-state index contributed by atoms with van der Waals surface area (Å²) in [6.07, 6.45) is 8.08. The molecule has 0 N–H and O–H groups in total. The first-order chi connectivity index (χ1) is 11.1. The molecule has 0 atom stereocenters. The molecule has 4 nitrogen and oxygen atoms in total. The third-order valence-corrected chi connectivity index (χ3v) is 3.35. The fourth-order valence-corrected chi connectivity index (χ4v) is 2.13. The Balaban J connectivity index is 2.66. The lowest BCUT2D eigenvalue weighted by Crippen LogP contribution is -2.32. The van der Waals surface area contributed by atoms with Crippen molar-refractivity contribution in [3.8, 4) is 5.75 Å². The predicted octanol–water partition coefficient (Wildman–Crippen LogP) is 3.64. The molecule has 0 bridgehead atoms. The van der Waals surface area contributed by atoms with Crippen LogP contribution in [-0.4, -0.2) is 36.8 Å². The first kappa shape index (κ1) is 18.7. The Bertz CT molecular complexity index is 576. The van der Waals surface area contributed by atoms with Gasteiger partial charge in [0.15, 0.2) is 5.78 Å². The molecular formula is C19H25NO3. The summed E-state index contributed by atoms with van der Waals surface area (Å²) < 4.78 is 5.13. The summed E-state index contributed by atoms with van der Waals surface area (Å²) >= 11 is 0. The molecule has 1 aromatic carbocycles. The van der Waals surface area contributed by atoms with Gasteiger partial charge < -0.3 is 9.64 Å². The van der Waals surface area contributed by atoms with Crippen molar-refractivity contribution in [3.63, 3.8) is 0 Å². The lowest BCUT2D eigenvalue weighted by atomic mass is 10.1. The number of hydrogen-bond acceptors (Lipinski definition) is 3. The second-order valence-corrected chi connectivity index (χ2v) is 5.12. The number of ketones is 1. The van der Waals surface area contributed by atoms with Crippen molar-refractivity contribution in [3.05, 3.63) is 54.1 Å². The highest BCUT2D eigenvalue weighted by Crippen LogP contribution is 2.14. The van der Waals surface area contributed by atoms with Crippen LogP contribution in [-0.2, 0) is 4.79 Å².